The second-order valence-electron chi connectivity index (χ2n) is 3.41. The molecule has 0 saturated carbocycles. The summed E-state index contributed by atoms with van der Waals surface area (Å²) in [6, 6.07) is 1.62. The van der Waals surface area contributed by atoms with Crippen LogP contribution in [0.15, 0.2) is 12.1 Å². The Bertz CT molecular complexity index is 435. The lowest BCUT2D eigenvalue weighted by molar-refractivity contribution is 0.508. The van der Waals surface area contributed by atoms with E-state index >= 15 is 0 Å². The first-order valence-corrected chi connectivity index (χ1v) is 5.34. The number of hydrogen-bond donors (Lipinski definition) is 1. The monoisotopic (exact) mass is 243 g/mol. The SMILES string of the molecule is CCCC(N)C#Cc1cc(F)c(F)cc1Cl. The average Bonchev–Trinajstić information content (AvgIpc) is 2.22. The fourth-order valence-electron chi connectivity index (χ4n) is 1.17. The third kappa shape index (κ3) is 3.48. The van der Waals surface area contributed by atoms with Gasteiger partial charge in [-0.05, 0) is 18.6 Å². The van der Waals surface area contributed by atoms with Crippen molar-refractivity contribution < 1.29 is 8.78 Å². The van der Waals surface area contributed by atoms with Crippen LogP contribution in [0.2, 0.25) is 5.02 Å². The van der Waals surface area contributed by atoms with Crippen LogP contribution in [0.25, 0.3) is 0 Å². The molecule has 2 N–H and O–H groups in total. The van der Waals surface area contributed by atoms with Crippen LogP contribution in [0.4, 0.5) is 8.78 Å². The first-order chi connectivity index (χ1) is 7.54. The maximum Gasteiger partial charge on any atom is 0.160 e. The molecule has 0 heterocycles. The molecule has 1 unspecified atom stereocenters. The zero-order valence-electron chi connectivity index (χ0n) is 8.86. The van der Waals surface area contributed by atoms with Crippen molar-refractivity contribution in [1.29, 1.82) is 0 Å². The molecule has 1 atom stereocenters. The van der Waals surface area contributed by atoms with Gasteiger partial charge in [-0.1, -0.05) is 36.8 Å². The van der Waals surface area contributed by atoms with E-state index in [0.29, 0.717) is 0 Å². The molecule has 16 heavy (non-hydrogen) atoms. The fourth-order valence-corrected chi connectivity index (χ4v) is 1.37. The van der Waals surface area contributed by atoms with E-state index in [2.05, 4.69) is 11.8 Å². The maximum absolute atomic E-state index is 12.9. The molecule has 0 amide bonds. The summed E-state index contributed by atoms with van der Waals surface area (Å²) in [4.78, 5) is 0. The minimum atomic E-state index is -0.978. The molecule has 0 fully saturated rings. The number of nitrogens with two attached hydrogens (primary N) is 1. The average molecular weight is 244 g/mol. The van der Waals surface area contributed by atoms with Gasteiger partial charge in [0.2, 0.25) is 0 Å². The van der Waals surface area contributed by atoms with Crippen LogP contribution < -0.4 is 5.73 Å². The van der Waals surface area contributed by atoms with Crippen LogP contribution in [0.3, 0.4) is 0 Å². The van der Waals surface area contributed by atoms with Crippen LogP contribution in [0, 0.1) is 23.5 Å². The number of halogens is 3. The molecule has 1 aromatic rings. The predicted octanol–water partition coefficient (Wildman–Crippen LogP) is 3.10. The van der Waals surface area contributed by atoms with Crippen molar-refractivity contribution in [2.24, 2.45) is 5.73 Å². The third-order valence-corrected chi connectivity index (χ3v) is 2.31. The summed E-state index contributed by atoms with van der Waals surface area (Å²) in [7, 11) is 0. The van der Waals surface area contributed by atoms with Gasteiger partial charge in [-0.25, -0.2) is 8.78 Å². The quantitative estimate of drug-likeness (QED) is 0.627. The molecule has 4 heteroatoms. The van der Waals surface area contributed by atoms with Gasteiger partial charge < -0.3 is 5.73 Å². The second kappa shape index (κ2) is 5.83. The zero-order valence-corrected chi connectivity index (χ0v) is 9.61. The highest BCUT2D eigenvalue weighted by atomic mass is 35.5. The molecule has 1 aromatic carbocycles. The number of rotatable bonds is 2. The molecule has 0 saturated heterocycles. The summed E-state index contributed by atoms with van der Waals surface area (Å²) < 4.78 is 25.6. The number of hydrogen-bond acceptors (Lipinski definition) is 1. The highest BCUT2D eigenvalue weighted by Gasteiger charge is 2.06. The van der Waals surface area contributed by atoms with Crippen LogP contribution in [-0.2, 0) is 0 Å². The van der Waals surface area contributed by atoms with Crippen molar-refractivity contribution in [3.05, 3.63) is 34.4 Å². The topological polar surface area (TPSA) is 26.0 Å². The Morgan fingerprint density at radius 3 is 2.62 bits per heavy atom. The van der Waals surface area contributed by atoms with E-state index in [-0.39, 0.29) is 16.6 Å². The lowest BCUT2D eigenvalue weighted by atomic mass is 10.1. The molecule has 0 radical (unpaired) electrons. The van der Waals surface area contributed by atoms with Crippen molar-refractivity contribution in [2.45, 2.75) is 25.8 Å². The molecule has 0 aromatic heterocycles. The maximum atomic E-state index is 12.9. The molecule has 0 aliphatic carbocycles. The Kier molecular flexibility index (Phi) is 4.72. The summed E-state index contributed by atoms with van der Waals surface area (Å²) in [6.07, 6.45) is 1.68. The van der Waals surface area contributed by atoms with Crippen LogP contribution >= 0.6 is 11.6 Å². The molecule has 0 aliphatic heterocycles. The first-order valence-electron chi connectivity index (χ1n) is 4.96. The predicted molar refractivity (Wildman–Crippen MR) is 61.1 cm³/mol. The lowest BCUT2D eigenvalue weighted by Crippen LogP contribution is -2.16. The Labute approximate surface area is 98.6 Å². The van der Waals surface area contributed by atoms with Gasteiger partial charge >= 0.3 is 0 Å². The van der Waals surface area contributed by atoms with Gasteiger partial charge in [-0.15, -0.1) is 0 Å². The molecular weight excluding hydrogens is 232 g/mol. The molecular formula is C12H12ClF2N. The second-order valence-corrected chi connectivity index (χ2v) is 3.82. The third-order valence-electron chi connectivity index (χ3n) is 2.00. The van der Waals surface area contributed by atoms with E-state index in [9.17, 15) is 8.78 Å². The van der Waals surface area contributed by atoms with Gasteiger partial charge in [0.05, 0.1) is 11.1 Å². The van der Waals surface area contributed by atoms with Gasteiger partial charge in [0.15, 0.2) is 11.6 Å². The van der Waals surface area contributed by atoms with Gasteiger partial charge in [-0.3, -0.25) is 0 Å². The standard InChI is InChI=1S/C12H12ClF2N/c1-2-3-9(16)5-4-8-6-11(14)12(15)7-10(8)13/h6-7,9H,2-3,16H2,1H3. The Morgan fingerprint density at radius 1 is 1.38 bits per heavy atom. The summed E-state index contributed by atoms with van der Waals surface area (Å²) in [5.41, 5.74) is 5.92. The molecule has 1 nitrogen and oxygen atoms in total. The molecule has 86 valence electrons. The van der Waals surface area contributed by atoms with E-state index in [0.717, 1.165) is 25.0 Å². The van der Waals surface area contributed by atoms with E-state index in [1.807, 2.05) is 6.92 Å². The molecule has 0 spiro atoms. The lowest BCUT2D eigenvalue weighted by Gasteiger charge is -2.00. The Morgan fingerprint density at radius 2 is 2.00 bits per heavy atom. The summed E-state index contributed by atoms with van der Waals surface area (Å²) in [5.74, 6) is 3.45. The molecule has 1 rings (SSSR count). The van der Waals surface area contributed by atoms with Gasteiger partial charge in [0.25, 0.3) is 0 Å². The summed E-state index contributed by atoms with van der Waals surface area (Å²) >= 11 is 5.71. The van der Waals surface area contributed by atoms with Crippen molar-refractivity contribution in [1.82, 2.24) is 0 Å². The van der Waals surface area contributed by atoms with Crippen LogP contribution in [-0.4, -0.2) is 6.04 Å². The molecule has 0 aliphatic rings. The minimum Gasteiger partial charge on any atom is -0.318 e. The normalized spacial score (nSPS) is 11.8. The molecule has 0 bridgehead atoms. The van der Waals surface area contributed by atoms with Gasteiger partial charge in [0, 0.05) is 5.56 Å². The van der Waals surface area contributed by atoms with Crippen molar-refractivity contribution in [3.8, 4) is 11.8 Å². The van der Waals surface area contributed by atoms with Crippen LogP contribution in [0.1, 0.15) is 25.3 Å². The summed E-state index contributed by atoms with van der Waals surface area (Å²) in [6.45, 7) is 1.99. The van der Waals surface area contributed by atoms with E-state index < -0.39 is 11.6 Å². The van der Waals surface area contributed by atoms with Crippen LogP contribution in [0.5, 0.6) is 0 Å². The van der Waals surface area contributed by atoms with E-state index in [4.69, 9.17) is 17.3 Å². The smallest absolute Gasteiger partial charge is 0.160 e. The highest BCUT2D eigenvalue weighted by molar-refractivity contribution is 6.31. The zero-order chi connectivity index (χ0) is 12.1. The van der Waals surface area contributed by atoms with Gasteiger partial charge in [0.1, 0.15) is 0 Å². The first kappa shape index (κ1) is 13.0. The van der Waals surface area contributed by atoms with Gasteiger partial charge in [-0.2, -0.15) is 0 Å². The Balaban J connectivity index is 2.93. The fraction of sp³-hybridized carbons (Fsp3) is 0.333. The largest absolute Gasteiger partial charge is 0.318 e. The van der Waals surface area contributed by atoms with Crippen molar-refractivity contribution >= 4 is 11.6 Å². The van der Waals surface area contributed by atoms with E-state index in [1.54, 1.807) is 0 Å². The summed E-state index contributed by atoms with van der Waals surface area (Å²) in [5, 5.41) is 0.0927. The van der Waals surface area contributed by atoms with Crippen molar-refractivity contribution in [2.75, 3.05) is 0 Å². The Hall–Kier alpha value is -1.11. The van der Waals surface area contributed by atoms with E-state index in [1.165, 1.54) is 0 Å². The van der Waals surface area contributed by atoms with Crippen molar-refractivity contribution in [3.63, 3.8) is 0 Å². The number of benzene rings is 1. The highest BCUT2D eigenvalue weighted by Crippen LogP contribution is 2.18. The minimum absolute atomic E-state index is 0.0927.